The summed E-state index contributed by atoms with van der Waals surface area (Å²) >= 11 is 0. The molecule has 1 amide bonds. The molecule has 2 unspecified atom stereocenters. The number of methoxy groups -OCH3 is 1. The Labute approximate surface area is 149 Å². The molecule has 2 aliphatic rings. The number of rotatable bonds is 6. The van der Waals surface area contributed by atoms with Crippen LogP contribution in [0.5, 0.6) is 0 Å². The van der Waals surface area contributed by atoms with Crippen LogP contribution >= 0.6 is 0 Å². The lowest BCUT2D eigenvalue weighted by Gasteiger charge is -2.41. The first-order valence-corrected chi connectivity index (χ1v) is 8.98. The first-order valence-electron chi connectivity index (χ1n) is 8.98. The summed E-state index contributed by atoms with van der Waals surface area (Å²) in [5.41, 5.74) is 0.483. The van der Waals surface area contributed by atoms with Crippen molar-refractivity contribution < 1.29 is 14.6 Å². The van der Waals surface area contributed by atoms with E-state index in [2.05, 4.69) is 4.90 Å². The second kappa shape index (κ2) is 7.68. The molecule has 2 aliphatic heterocycles. The van der Waals surface area contributed by atoms with Crippen LogP contribution in [-0.2, 0) is 16.1 Å². The SMILES string of the molecule is COC[C@H]1CCCN1CC1(C)C=CN(Cc2ccccc2)C(=O)C1O. The highest BCUT2D eigenvalue weighted by atomic mass is 16.5. The predicted octanol–water partition coefficient (Wildman–Crippen LogP) is 2.02. The lowest BCUT2D eigenvalue weighted by Crippen LogP contribution is -2.53. The van der Waals surface area contributed by atoms with Gasteiger partial charge in [0.15, 0.2) is 0 Å². The Hall–Kier alpha value is -1.69. The molecule has 1 aromatic carbocycles. The third-order valence-corrected chi connectivity index (χ3v) is 5.37. The first-order chi connectivity index (χ1) is 12.0. The molecule has 0 spiro atoms. The van der Waals surface area contributed by atoms with Gasteiger partial charge < -0.3 is 14.7 Å². The average Bonchev–Trinajstić information content (AvgIpc) is 3.04. The molecule has 3 rings (SSSR count). The molecule has 5 nitrogen and oxygen atoms in total. The Bertz CT molecular complexity index is 619. The normalized spacial score (nSPS) is 30.2. The van der Waals surface area contributed by atoms with E-state index in [0.29, 0.717) is 25.7 Å². The molecule has 25 heavy (non-hydrogen) atoms. The van der Waals surface area contributed by atoms with Gasteiger partial charge in [0, 0.05) is 31.3 Å². The van der Waals surface area contributed by atoms with E-state index in [4.69, 9.17) is 4.74 Å². The van der Waals surface area contributed by atoms with Crippen molar-refractivity contribution in [2.45, 2.75) is 38.5 Å². The summed E-state index contributed by atoms with van der Waals surface area (Å²) in [5, 5.41) is 10.7. The van der Waals surface area contributed by atoms with Crippen molar-refractivity contribution in [2.75, 3.05) is 26.8 Å². The van der Waals surface area contributed by atoms with Crippen molar-refractivity contribution >= 4 is 5.91 Å². The van der Waals surface area contributed by atoms with E-state index in [0.717, 1.165) is 24.9 Å². The molecule has 136 valence electrons. The summed E-state index contributed by atoms with van der Waals surface area (Å²) in [5.74, 6) is -0.226. The summed E-state index contributed by atoms with van der Waals surface area (Å²) in [4.78, 5) is 16.7. The highest BCUT2D eigenvalue weighted by Gasteiger charge is 2.43. The summed E-state index contributed by atoms with van der Waals surface area (Å²) in [6.45, 7) is 4.81. The molecule has 0 aliphatic carbocycles. The number of carbonyl (C=O) groups excluding carboxylic acids is 1. The molecule has 0 radical (unpaired) electrons. The minimum absolute atomic E-state index is 0.226. The van der Waals surface area contributed by atoms with Crippen molar-refractivity contribution in [1.82, 2.24) is 9.80 Å². The number of benzene rings is 1. The summed E-state index contributed by atoms with van der Waals surface area (Å²) in [6, 6.07) is 10.2. The van der Waals surface area contributed by atoms with E-state index in [1.807, 2.05) is 49.5 Å². The van der Waals surface area contributed by atoms with Gasteiger partial charge in [0.05, 0.1) is 13.2 Å². The maximum absolute atomic E-state index is 12.7. The number of hydrogen-bond acceptors (Lipinski definition) is 4. The Morgan fingerprint density at radius 1 is 1.32 bits per heavy atom. The van der Waals surface area contributed by atoms with Crippen LogP contribution in [0.2, 0.25) is 0 Å². The maximum Gasteiger partial charge on any atom is 0.256 e. The van der Waals surface area contributed by atoms with E-state index < -0.39 is 11.5 Å². The fourth-order valence-electron chi connectivity index (χ4n) is 3.84. The average molecular weight is 344 g/mol. The lowest BCUT2D eigenvalue weighted by atomic mass is 9.80. The summed E-state index contributed by atoms with van der Waals surface area (Å²) in [6.07, 6.45) is 5.05. The smallest absolute Gasteiger partial charge is 0.256 e. The van der Waals surface area contributed by atoms with Crippen LogP contribution in [0.1, 0.15) is 25.3 Å². The number of nitrogens with zero attached hydrogens (tertiary/aromatic N) is 2. The molecule has 1 fully saturated rings. The van der Waals surface area contributed by atoms with Gasteiger partial charge in [-0.1, -0.05) is 43.3 Å². The van der Waals surface area contributed by atoms with Gasteiger partial charge in [0.2, 0.25) is 0 Å². The van der Waals surface area contributed by atoms with E-state index >= 15 is 0 Å². The largest absolute Gasteiger partial charge is 0.383 e. The second-order valence-electron chi connectivity index (χ2n) is 7.40. The first kappa shape index (κ1) is 18.1. The van der Waals surface area contributed by atoms with Crippen LogP contribution in [0.15, 0.2) is 42.6 Å². The van der Waals surface area contributed by atoms with Crippen molar-refractivity contribution in [3.8, 4) is 0 Å². The minimum atomic E-state index is -1.02. The standard InChI is InChI=1S/C20H28N2O3/c1-20(15-22-11-6-9-17(22)14-25-2)10-12-21(19(24)18(20)23)13-16-7-4-3-5-8-16/h3-5,7-8,10,12,17-18,23H,6,9,11,13-15H2,1-2H3/t17-,18?,20?/m1/s1. The fourth-order valence-corrected chi connectivity index (χ4v) is 3.84. The third-order valence-electron chi connectivity index (χ3n) is 5.37. The molecule has 0 aromatic heterocycles. The lowest BCUT2D eigenvalue weighted by molar-refractivity contribution is -0.145. The van der Waals surface area contributed by atoms with Gasteiger partial charge >= 0.3 is 0 Å². The van der Waals surface area contributed by atoms with Crippen molar-refractivity contribution in [2.24, 2.45) is 5.41 Å². The molecule has 1 aromatic rings. The zero-order valence-corrected chi connectivity index (χ0v) is 15.1. The van der Waals surface area contributed by atoms with Crippen LogP contribution in [0, 0.1) is 5.41 Å². The highest BCUT2D eigenvalue weighted by Crippen LogP contribution is 2.33. The monoisotopic (exact) mass is 344 g/mol. The zero-order valence-electron chi connectivity index (χ0n) is 15.1. The molecular formula is C20H28N2O3. The zero-order chi connectivity index (χ0) is 17.9. The van der Waals surface area contributed by atoms with Gasteiger partial charge in [0.1, 0.15) is 6.10 Å². The number of amides is 1. The molecule has 3 atom stereocenters. The van der Waals surface area contributed by atoms with Gasteiger partial charge in [-0.25, -0.2) is 0 Å². The quantitative estimate of drug-likeness (QED) is 0.858. The van der Waals surface area contributed by atoms with Gasteiger partial charge in [-0.3, -0.25) is 9.69 Å². The van der Waals surface area contributed by atoms with Crippen molar-refractivity contribution in [3.63, 3.8) is 0 Å². The van der Waals surface area contributed by atoms with E-state index in [9.17, 15) is 9.90 Å². The van der Waals surface area contributed by atoms with E-state index in [1.54, 1.807) is 12.0 Å². The molecule has 0 saturated carbocycles. The van der Waals surface area contributed by atoms with E-state index in [-0.39, 0.29) is 5.91 Å². The number of hydrogen-bond donors (Lipinski definition) is 1. The Balaban J connectivity index is 1.70. The van der Waals surface area contributed by atoms with Gasteiger partial charge in [-0.2, -0.15) is 0 Å². The number of aliphatic hydroxyl groups excluding tert-OH is 1. The number of carbonyl (C=O) groups is 1. The molecule has 5 heteroatoms. The molecule has 1 saturated heterocycles. The minimum Gasteiger partial charge on any atom is -0.383 e. The van der Waals surface area contributed by atoms with Crippen molar-refractivity contribution in [3.05, 3.63) is 48.2 Å². The van der Waals surface area contributed by atoms with Crippen LogP contribution in [0.4, 0.5) is 0 Å². The van der Waals surface area contributed by atoms with Gasteiger partial charge in [-0.15, -0.1) is 0 Å². The third kappa shape index (κ3) is 3.94. The second-order valence-corrected chi connectivity index (χ2v) is 7.40. The van der Waals surface area contributed by atoms with Gasteiger partial charge in [-0.05, 0) is 24.9 Å². The van der Waals surface area contributed by atoms with Gasteiger partial charge in [0.25, 0.3) is 5.91 Å². The highest BCUT2D eigenvalue weighted by molar-refractivity contribution is 5.84. The van der Waals surface area contributed by atoms with E-state index in [1.165, 1.54) is 0 Å². The molecule has 1 N–H and O–H groups in total. The van der Waals surface area contributed by atoms with Crippen molar-refractivity contribution in [1.29, 1.82) is 0 Å². The number of likely N-dealkylation sites (tertiary alicyclic amines) is 1. The topological polar surface area (TPSA) is 53.0 Å². The Kier molecular flexibility index (Phi) is 5.57. The predicted molar refractivity (Wildman–Crippen MR) is 96.7 cm³/mol. The van der Waals surface area contributed by atoms with Crippen LogP contribution in [0.25, 0.3) is 0 Å². The van der Waals surface area contributed by atoms with Crippen LogP contribution in [0.3, 0.4) is 0 Å². The number of ether oxygens (including phenoxy) is 1. The molecule has 0 bridgehead atoms. The van der Waals surface area contributed by atoms with Crippen LogP contribution in [-0.4, -0.2) is 59.8 Å². The molecule has 2 heterocycles. The fraction of sp³-hybridized carbons (Fsp3) is 0.550. The van der Waals surface area contributed by atoms with Crippen LogP contribution < -0.4 is 0 Å². The Morgan fingerprint density at radius 2 is 2.08 bits per heavy atom. The maximum atomic E-state index is 12.7. The Morgan fingerprint density at radius 3 is 2.80 bits per heavy atom. The summed E-state index contributed by atoms with van der Waals surface area (Å²) in [7, 11) is 1.72. The summed E-state index contributed by atoms with van der Waals surface area (Å²) < 4.78 is 5.31. The number of aliphatic hydroxyl groups is 1. The molecular weight excluding hydrogens is 316 g/mol.